The van der Waals surface area contributed by atoms with Crippen molar-refractivity contribution in [2.75, 3.05) is 0 Å². The Morgan fingerprint density at radius 3 is 2.53 bits per heavy atom. The molecule has 9 nitrogen and oxygen atoms in total. The first kappa shape index (κ1) is 14.6. The molecule has 1 aromatic heterocycles. The molecule has 0 aromatic carbocycles. The van der Waals surface area contributed by atoms with Gasteiger partial charge in [-0.05, 0) is 5.92 Å². The first-order chi connectivity index (χ1) is 8.82. The van der Waals surface area contributed by atoms with Gasteiger partial charge in [0.15, 0.2) is 5.69 Å². The van der Waals surface area contributed by atoms with Crippen LogP contribution in [0.1, 0.15) is 42.4 Å². The number of aryl methyl sites for hydroxylation is 1. The SMILES string of the molecule is CC(C)c1c(C(=O)O)nnn1CCC(=O)NC(N)=O. The minimum atomic E-state index is -1.17. The van der Waals surface area contributed by atoms with Crippen molar-refractivity contribution in [1.29, 1.82) is 0 Å². The maximum atomic E-state index is 11.3. The summed E-state index contributed by atoms with van der Waals surface area (Å²) in [7, 11) is 0. The molecule has 0 spiro atoms. The van der Waals surface area contributed by atoms with Crippen molar-refractivity contribution in [3.63, 3.8) is 0 Å². The first-order valence-electron chi connectivity index (χ1n) is 5.59. The van der Waals surface area contributed by atoms with Crippen LogP contribution in [0.2, 0.25) is 0 Å². The lowest BCUT2D eigenvalue weighted by molar-refractivity contribution is -0.120. The highest BCUT2D eigenvalue weighted by Crippen LogP contribution is 2.17. The van der Waals surface area contributed by atoms with Crippen molar-refractivity contribution >= 4 is 17.9 Å². The molecule has 0 saturated carbocycles. The van der Waals surface area contributed by atoms with Gasteiger partial charge in [0.25, 0.3) is 0 Å². The number of nitrogens with one attached hydrogen (secondary N) is 1. The molecule has 0 radical (unpaired) electrons. The van der Waals surface area contributed by atoms with E-state index in [9.17, 15) is 14.4 Å². The topological polar surface area (TPSA) is 140 Å². The normalized spacial score (nSPS) is 10.5. The largest absolute Gasteiger partial charge is 0.476 e. The number of hydrogen-bond donors (Lipinski definition) is 3. The zero-order valence-corrected chi connectivity index (χ0v) is 10.6. The number of carbonyl (C=O) groups is 3. The maximum Gasteiger partial charge on any atom is 0.358 e. The van der Waals surface area contributed by atoms with E-state index in [2.05, 4.69) is 10.3 Å². The molecule has 9 heteroatoms. The van der Waals surface area contributed by atoms with Crippen molar-refractivity contribution < 1.29 is 19.5 Å². The second kappa shape index (κ2) is 5.94. The molecule has 0 saturated heterocycles. The zero-order chi connectivity index (χ0) is 14.6. The number of carboxylic acids is 1. The van der Waals surface area contributed by atoms with E-state index in [4.69, 9.17) is 10.8 Å². The van der Waals surface area contributed by atoms with E-state index in [1.54, 1.807) is 13.8 Å². The highest BCUT2D eigenvalue weighted by molar-refractivity contribution is 5.93. The molecule has 0 aliphatic carbocycles. The quantitative estimate of drug-likeness (QED) is 0.669. The van der Waals surface area contributed by atoms with E-state index in [-0.39, 0.29) is 24.6 Å². The Morgan fingerprint density at radius 1 is 1.42 bits per heavy atom. The number of amides is 3. The van der Waals surface area contributed by atoms with Gasteiger partial charge in [-0.2, -0.15) is 0 Å². The van der Waals surface area contributed by atoms with Crippen LogP contribution in [0.4, 0.5) is 4.79 Å². The molecule has 1 aromatic rings. The number of carbonyl (C=O) groups excluding carboxylic acids is 2. The smallest absolute Gasteiger partial charge is 0.358 e. The standard InChI is InChI=1S/C10H15N5O4/c1-5(2)8-7(9(17)18)13-14-15(8)4-3-6(16)12-10(11)19/h5H,3-4H2,1-2H3,(H,17,18)(H3,11,12,16,19). The van der Waals surface area contributed by atoms with Crippen molar-refractivity contribution in [2.24, 2.45) is 5.73 Å². The highest BCUT2D eigenvalue weighted by Gasteiger charge is 2.21. The van der Waals surface area contributed by atoms with Crippen molar-refractivity contribution in [3.05, 3.63) is 11.4 Å². The van der Waals surface area contributed by atoms with Crippen LogP contribution in [-0.2, 0) is 11.3 Å². The summed E-state index contributed by atoms with van der Waals surface area (Å²) in [6.07, 6.45) is -0.0505. The summed E-state index contributed by atoms with van der Waals surface area (Å²) in [5, 5.41) is 18.1. The van der Waals surface area contributed by atoms with E-state index in [1.807, 2.05) is 5.32 Å². The van der Waals surface area contributed by atoms with Gasteiger partial charge in [-0.1, -0.05) is 19.1 Å². The summed E-state index contributed by atoms with van der Waals surface area (Å²) >= 11 is 0. The van der Waals surface area contributed by atoms with E-state index in [0.717, 1.165) is 0 Å². The monoisotopic (exact) mass is 269 g/mol. The van der Waals surface area contributed by atoms with Crippen LogP contribution in [0.25, 0.3) is 0 Å². The fraction of sp³-hybridized carbons (Fsp3) is 0.500. The van der Waals surface area contributed by atoms with Crippen molar-refractivity contribution in [3.8, 4) is 0 Å². The van der Waals surface area contributed by atoms with Gasteiger partial charge in [0, 0.05) is 6.42 Å². The minimum absolute atomic E-state index is 0.0505. The Bertz CT molecular complexity index is 508. The average Bonchev–Trinajstić information content (AvgIpc) is 2.69. The Balaban J connectivity index is 2.82. The lowest BCUT2D eigenvalue weighted by atomic mass is 10.1. The van der Waals surface area contributed by atoms with Crippen molar-refractivity contribution in [1.82, 2.24) is 20.3 Å². The van der Waals surface area contributed by atoms with Crippen molar-refractivity contribution in [2.45, 2.75) is 32.7 Å². The third-order valence-corrected chi connectivity index (χ3v) is 2.34. The molecule has 0 atom stereocenters. The third-order valence-electron chi connectivity index (χ3n) is 2.34. The fourth-order valence-corrected chi connectivity index (χ4v) is 1.62. The number of urea groups is 1. The number of imide groups is 1. The molecule has 0 fully saturated rings. The number of hydrogen-bond acceptors (Lipinski definition) is 5. The number of carboxylic acid groups (broad SMARTS) is 1. The van der Waals surface area contributed by atoms with E-state index < -0.39 is 17.9 Å². The summed E-state index contributed by atoms with van der Waals surface area (Å²) in [5.74, 6) is -1.84. The summed E-state index contributed by atoms with van der Waals surface area (Å²) < 4.78 is 1.34. The van der Waals surface area contributed by atoms with Gasteiger partial charge >= 0.3 is 12.0 Å². The number of aromatic nitrogens is 3. The number of primary amides is 1. The van der Waals surface area contributed by atoms with Gasteiger partial charge in [0.05, 0.1) is 12.2 Å². The number of aromatic carboxylic acids is 1. The lowest BCUT2D eigenvalue weighted by Gasteiger charge is -2.09. The van der Waals surface area contributed by atoms with Crippen LogP contribution in [0.15, 0.2) is 0 Å². The molecular weight excluding hydrogens is 254 g/mol. The van der Waals surface area contributed by atoms with Gasteiger partial charge in [-0.15, -0.1) is 5.10 Å². The van der Waals surface area contributed by atoms with Crippen LogP contribution in [0.5, 0.6) is 0 Å². The van der Waals surface area contributed by atoms with Gasteiger partial charge < -0.3 is 10.8 Å². The first-order valence-corrected chi connectivity index (χ1v) is 5.59. The molecule has 0 aliphatic heterocycles. The second-order valence-corrected chi connectivity index (χ2v) is 4.17. The minimum Gasteiger partial charge on any atom is -0.476 e. The zero-order valence-electron chi connectivity index (χ0n) is 10.6. The number of rotatable bonds is 5. The molecule has 1 rings (SSSR count). The molecule has 0 unspecified atom stereocenters. The van der Waals surface area contributed by atoms with E-state index in [0.29, 0.717) is 5.69 Å². The molecule has 4 N–H and O–H groups in total. The summed E-state index contributed by atoms with van der Waals surface area (Å²) in [6, 6.07) is -0.932. The van der Waals surface area contributed by atoms with E-state index >= 15 is 0 Å². The molecule has 1 heterocycles. The highest BCUT2D eigenvalue weighted by atomic mass is 16.4. The second-order valence-electron chi connectivity index (χ2n) is 4.17. The van der Waals surface area contributed by atoms with Crippen LogP contribution in [-0.4, -0.2) is 38.0 Å². The lowest BCUT2D eigenvalue weighted by Crippen LogP contribution is -2.35. The number of nitrogens with zero attached hydrogens (tertiary/aromatic N) is 3. The average molecular weight is 269 g/mol. The Labute approximate surface area is 108 Å². The summed E-state index contributed by atoms with van der Waals surface area (Å²) in [5.41, 5.74) is 5.10. The summed E-state index contributed by atoms with van der Waals surface area (Å²) in [4.78, 5) is 32.7. The Hall–Kier alpha value is -2.45. The molecule has 0 bridgehead atoms. The van der Waals surface area contributed by atoms with Gasteiger partial charge in [-0.25, -0.2) is 14.3 Å². The predicted octanol–water partition coefficient (Wildman–Crippen LogP) is -0.315. The van der Waals surface area contributed by atoms with E-state index in [1.165, 1.54) is 4.68 Å². The van der Waals surface area contributed by atoms with Gasteiger partial charge in [0.2, 0.25) is 5.91 Å². The maximum absolute atomic E-state index is 11.3. The molecule has 104 valence electrons. The molecule has 3 amide bonds. The third kappa shape index (κ3) is 3.76. The van der Waals surface area contributed by atoms with Gasteiger partial charge in [0.1, 0.15) is 0 Å². The predicted molar refractivity (Wildman–Crippen MR) is 63.4 cm³/mol. The van der Waals surface area contributed by atoms with Crippen LogP contribution in [0.3, 0.4) is 0 Å². The molecule has 0 aliphatic rings. The van der Waals surface area contributed by atoms with Gasteiger partial charge in [-0.3, -0.25) is 10.1 Å². The molecular formula is C10H15N5O4. The summed E-state index contributed by atoms with van der Waals surface area (Å²) in [6.45, 7) is 3.71. The Kier molecular flexibility index (Phi) is 4.56. The van der Waals surface area contributed by atoms with Crippen LogP contribution in [0, 0.1) is 0 Å². The number of nitrogens with two attached hydrogens (primary N) is 1. The molecule has 19 heavy (non-hydrogen) atoms. The van der Waals surface area contributed by atoms with Crippen LogP contribution >= 0.6 is 0 Å². The fourth-order valence-electron chi connectivity index (χ4n) is 1.62. The van der Waals surface area contributed by atoms with Crippen LogP contribution < -0.4 is 11.1 Å². The Morgan fingerprint density at radius 2 is 2.05 bits per heavy atom.